The number of rotatable bonds is 3. The second-order valence-corrected chi connectivity index (χ2v) is 5.03. The molecule has 104 valence electrons. The van der Waals surface area contributed by atoms with Crippen molar-refractivity contribution in [3.05, 3.63) is 36.2 Å². The van der Waals surface area contributed by atoms with Crippen molar-refractivity contribution in [1.82, 2.24) is 9.97 Å². The predicted octanol–water partition coefficient (Wildman–Crippen LogP) is 2.77. The van der Waals surface area contributed by atoms with Gasteiger partial charge in [-0.2, -0.15) is 0 Å². The molecule has 1 fully saturated rings. The Labute approximate surface area is 117 Å². The van der Waals surface area contributed by atoms with Crippen molar-refractivity contribution in [2.45, 2.75) is 19.3 Å². The first-order valence-corrected chi connectivity index (χ1v) is 6.87. The first-order chi connectivity index (χ1) is 9.75. The van der Waals surface area contributed by atoms with Crippen LogP contribution in [0, 0.1) is 0 Å². The van der Waals surface area contributed by atoms with Gasteiger partial charge in [0.15, 0.2) is 0 Å². The highest BCUT2D eigenvalue weighted by atomic mass is 16.4. The third kappa shape index (κ3) is 2.39. The largest absolute Gasteiger partial charge is 0.478 e. The smallest absolute Gasteiger partial charge is 0.339 e. The molecule has 20 heavy (non-hydrogen) atoms. The quantitative estimate of drug-likeness (QED) is 0.900. The number of pyridine rings is 1. The standard InChI is InChI=1S/C15H17N3O2/c19-15(20)12-10-13(11-4-6-16-7-5-11)17-14(12)18-8-2-1-3-9-18/h4-7,10,17H,1-3,8-9H2,(H,19,20). The maximum atomic E-state index is 11.5. The van der Waals surface area contributed by atoms with Gasteiger partial charge in [-0.25, -0.2) is 4.79 Å². The van der Waals surface area contributed by atoms with E-state index in [1.807, 2.05) is 12.1 Å². The van der Waals surface area contributed by atoms with E-state index in [4.69, 9.17) is 0 Å². The molecule has 0 spiro atoms. The van der Waals surface area contributed by atoms with Crippen LogP contribution in [0.25, 0.3) is 11.3 Å². The van der Waals surface area contributed by atoms with Crippen LogP contribution < -0.4 is 4.90 Å². The number of aromatic nitrogens is 2. The summed E-state index contributed by atoms with van der Waals surface area (Å²) in [5, 5.41) is 9.40. The number of anilines is 1. The summed E-state index contributed by atoms with van der Waals surface area (Å²) in [7, 11) is 0. The van der Waals surface area contributed by atoms with E-state index in [-0.39, 0.29) is 0 Å². The number of carboxylic acid groups (broad SMARTS) is 1. The summed E-state index contributed by atoms with van der Waals surface area (Å²) in [4.78, 5) is 20.8. The molecule has 0 saturated carbocycles. The summed E-state index contributed by atoms with van der Waals surface area (Å²) < 4.78 is 0. The number of hydrogen-bond donors (Lipinski definition) is 2. The summed E-state index contributed by atoms with van der Waals surface area (Å²) in [6, 6.07) is 5.45. The van der Waals surface area contributed by atoms with Gasteiger partial charge in [0.25, 0.3) is 0 Å². The number of H-pyrrole nitrogens is 1. The predicted molar refractivity (Wildman–Crippen MR) is 77.0 cm³/mol. The average Bonchev–Trinajstić information content (AvgIpc) is 2.94. The highest BCUT2D eigenvalue weighted by Crippen LogP contribution is 2.29. The summed E-state index contributed by atoms with van der Waals surface area (Å²) in [5.74, 6) is -0.161. The number of nitrogens with one attached hydrogen (secondary N) is 1. The molecular formula is C15H17N3O2. The monoisotopic (exact) mass is 271 g/mol. The van der Waals surface area contributed by atoms with E-state index in [9.17, 15) is 9.90 Å². The van der Waals surface area contributed by atoms with E-state index >= 15 is 0 Å². The van der Waals surface area contributed by atoms with Crippen molar-refractivity contribution in [1.29, 1.82) is 0 Å². The normalized spacial score (nSPS) is 15.3. The Morgan fingerprint density at radius 3 is 2.55 bits per heavy atom. The number of hydrogen-bond acceptors (Lipinski definition) is 3. The van der Waals surface area contributed by atoms with Gasteiger partial charge in [-0.05, 0) is 37.5 Å². The molecule has 0 amide bonds. The van der Waals surface area contributed by atoms with Gasteiger partial charge in [0.1, 0.15) is 11.4 Å². The molecular weight excluding hydrogens is 254 g/mol. The Kier molecular flexibility index (Phi) is 3.41. The van der Waals surface area contributed by atoms with Gasteiger partial charge in [-0.1, -0.05) is 0 Å². The van der Waals surface area contributed by atoms with Crippen LogP contribution in [0.4, 0.5) is 5.82 Å². The van der Waals surface area contributed by atoms with Crippen molar-refractivity contribution in [2.75, 3.05) is 18.0 Å². The van der Waals surface area contributed by atoms with Crippen molar-refractivity contribution in [3.63, 3.8) is 0 Å². The number of carbonyl (C=O) groups is 1. The molecule has 0 aliphatic carbocycles. The zero-order valence-corrected chi connectivity index (χ0v) is 11.2. The van der Waals surface area contributed by atoms with Crippen LogP contribution in [0.3, 0.4) is 0 Å². The lowest BCUT2D eigenvalue weighted by Crippen LogP contribution is -2.30. The second-order valence-electron chi connectivity index (χ2n) is 5.03. The first kappa shape index (κ1) is 12.7. The van der Waals surface area contributed by atoms with E-state index in [0.29, 0.717) is 5.56 Å². The molecule has 3 rings (SSSR count). The van der Waals surface area contributed by atoms with Gasteiger partial charge in [-0.15, -0.1) is 0 Å². The number of aromatic carboxylic acids is 1. The fourth-order valence-corrected chi connectivity index (χ4v) is 2.66. The summed E-state index contributed by atoms with van der Waals surface area (Å²) in [6.45, 7) is 1.83. The Morgan fingerprint density at radius 2 is 1.90 bits per heavy atom. The van der Waals surface area contributed by atoms with E-state index in [2.05, 4.69) is 14.9 Å². The molecule has 0 radical (unpaired) electrons. The Morgan fingerprint density at radius 1 is 1.20 bits per heavy atom. The topological polar surface area (TPSA) is 69.2 Å². The van der Waals surface area contributed by atoms with Crippen LogP contribution >= 0.6 is 0 Å². The summed E-state index contributed by atoms with van der Waals surface area (Å²) in [6.07, 6.45) is 6.86. The van der Waals surface area contributed by atoms with Crippen LogP contribution in [0.15, 0.2) is 30.6 Å². The van der Waals surface area contributed by atoms with Crippen LogP contribution in [-0.2, 0) is 0 Å². The van der Waals surface area contributed by atoms with E-state index in [1.165, 1.54) is 6.42 Å². The van der Waals surface area contributed by atoms with Gasteiger partial charge in [-0.3, -0.25) is 4.98 Å². The minimum atomic E-state index is -0.887. The summed E-state index contributed by atoms with van der Waals surface area (Å²) >= 11 is 0. The molecule has 2 aromatic rings. The lowest BCUT2D eigenvalue weighted by atomic mass is 10.1. The van der Waals surface area contributed by atoms with E-state index < -0.39 is 5.97 Å². The number of aromatic amines is 1. The maximum absolute atomic E-state index is 11.5. The minimum absolute atomic E-state index is 0.346. The number of carboxylic acids is 1. The first-order valence-electron chi connectivity index (χ1n) is 6.87. The molecule has 2 N–H and O–H groups in total. The molecule has 1 saturated heterocycles. The van der Waals surface area contributed by atoms with E-state index in [1.54, 1.807) is 18.5 Å². The number of nitrogens with zero attached hydrogens (tertiary/aromatic N) is 2. The van der Waals surface area contributed by atoms with Gasteiger partial charge in [0.2, 0.25) is 0 Å². The highest BCUT2D eigenvalue weighted by molar-refractivity contribution is 5.95. The van der Waals surface area contributed by atoms with Crippen LogP contribution in [0.2, 0.25) is 0 Å². The number of piperidine rings is 1. The van der Waals surface area contributed by atoms with Crippen molar-refractivity contribution < 1.29 is 9.90 Å². The van der Waals surface area contributed by atoms with Crippen LogP contribution in [0.1, 0.15) is 29.6 Å². The van der Waals surface area contributed by atoms with Crippen molar-refractivity contribution in [2.24, 2.45) is 0 Å². The molecule has 5 nitrogen and oxygen atoms in total. The van der Waals surface area contributed by atoms with Crippen LogP contribution in [0.5, 0.6) is 0 Å². The van der Waals surface area contributed by atoms with Crippen molar-refractivity contribution in [3.8, 4) is 11.3 Å². The summed E-state index contributed by atoms with van der Waals surface area (Å²) in [5.41, 5.74) is 2.12. The highest BCUT2D eigenvalue weighted by Gasteiger charge is 2.21. The Hall–Kier alpha value is -2.30. The zero-order valence-electron chi connectivity index (χ0n) is 11.2. The lowest BCUT2D eigenvalue weighted by Gasteiger charge is -2.28. The molecule has 1 aliphatic rings. The fourth-order valence-electron chi connectivity index (χ4n) is 2.66. The van der Waals surface area contributed by atoms with Gasteiger partial charge >= 0.3 is 5.97 Å². The SMILES string of the molecule is O=C(O)c1cc(-c2ccncc2)[nH]c1N1CCCCC1. The van der Waals surface area contributed by atoms with E-state index in [0.717, 1.165) is 43.0 Å². The molecule has 2 aromatic heterocycles. The minimum Gasteiger partial charge on any atom is -0.478 e. The molecule has 0 atom stereocenters. The second kappa shape index (κ2) is 5.36. The molecule has 1 aliphatic heterocycles. The van der Waals surface area contributed by atoms with Crippen molar-refractivity contribution >= 4 is 11.8 Å². The lowest BCUT2D eigenvalue weighted by molar-refractivity contribution is 0.0697. The molecule has 0 aromatic carbocycles. The molecule has 0 bridgehead atoms. The average molecular weight is 271 g/mol. The Balaban J connectivity index is 2.00. The third-order valence-corrected chi connectivity index (χ3v) is 3.69. The Bertz CT molecular complexity index is 601. The molecule has 3 heterocycles. The van der Waals surface area contributed by atoms with Gasteiger partial charge in [0.05, 0.1) is 0 Å². The zero-order chi connectivity index (χ0) is 13.9. The maximum Gasteiger partial charge on any atom is 0.339 e. The third-order valence-electron chi connectivity index (χ3n) is 3.69. The van der Waals surface area contributed by atoms with Crippen LogP contribution in [-0.4, -0.2) is 34.1 Å². The van der Waals surface area contributed by atoms with Gasteiger partial charge < -0.3 is 15.0 Å². The molecule has 5 heteroatoms. The molecule has 0 unspecified atom stereocenters. The van der Waals surface area contributed by atoms with Gasteiger partial charge in [0, 0.05) is 36.7 Å². The fraction of sp³-hybridized carbons (Fsp3) is 0.333.